The van der Waals surface area contributed by atoms with Crippen LogP contribution in [0.4, 0.5) is 0 Å². The van der Waals surface area contributed by atoms with Crippen molar-refractivity contribution < 1.29 is 14.7 Å². The second-order valence-electron chi connectivity index (χ2n) is 11.6. The van der Waals surface area contributed by atoms with Crippen LogP contribution < -0.4 is 0 Å². The summed E-state index contributed by atoms with van der Waals surface area (Å²) in [6, 6.07) is 25.9. The molecule has 0 heterocycles. The molecule has 4 nitrogen and oxygen atoms in total. The molecule has 4 heteroatoms. The number of fused-ring (bicyclic) bond motifs is 2. The van der Waals surface area contributed by atoms with E-state index < -0.39 is 5.97 Å². The Morgan fingerprint density at radius 2 is 1.49 bits per heavy atom. The monoisotopic (exact) mass is 495 g/mol. The zero-order chi connectivity index (χ0) is 26.2. The van der Waals surface area contributed by atoms with E-state index in [9.17, 15) is 9.59 Å². The molecule has 3 aromatic rings. The Bertz CT molecular complexity index is 1250. The highest BCUT2D eigenvalue weighted by molar-refractivity contribution is 5.88. The van der Waals surface area contributed by atoms with Gasteiger partial charge in [-0.15, -0.1) is 0 Å². The van der Waals surface area contributed by atoms with Crippen molar-refractivity contribution in [1.29, 1.82) is 0 Å². The van der Waals surface area contributed by atoms with Gasteiger partial charge < -0.3 is 10.0 Å². The fraction of sp³-hybridized carbons (Fsp3) is 0.394. The van der Waals surface area contributed by atoms with Crippen LogP contribution in [-0.4, -0.2) is 27.9 Å². The van der Waals surface area contributed by atoms with Crippen LogP contribution in [0.2, 0.25) is 0 Å². The lowest BCUT2D eigenvalue weighted by atomic mass is 9.44. The van der Waals surface area contributed by atoms with Gasteiger partial charge in [-0.25, -0.2) is 4.79 Å². The number of benzene rings is 3. The van der Waals surface area contributed by atoms with Gasteiger partial charge in [-0.2, -0.15) is 0 Å². The van der Waals surface area contributed by atoms with Gasteiger partial charge in [-0.1, -0.05) is 87.5 Å². The molecule has 0 saturated heterocycles. The third kappa shape index (κ3) is 5.07. The predicted molar refractivity (Wildman–Crippen MR) is 147 cm³/mol. The summed E-state index contributed by atoms with van der Waals surface area (Å²) in [5, 5.41) is 9.16. The molecule has 6 rings (SSSR count). The second-order valence-corrected chi connectivity index (χ2v) is 11.6. The van der Waals surface area contributed by atoms with E-state index in [1.54, 1.807) is 12.1 Å². The number of hydrogen-bond donors (Lipinski definition) is 1. The number of aryl methyl sites for hydroxylation is 1. The minimum Gasteiger partial charge on any atom is -0.478 e. The summed E-state index contributed by atoms with van der Waals surface area (Å²) in [5.41, 5.74) is 5.02. The molecule has 0 aliphatic heterocycles. The van der Waals surface area contributed by atoms with Crippen molar-refractivity contribution in [1.82, 2.24) is 4.90 Å². The SMILES string of the molecule is C[C@@H]1[C@@H](N(Cc2ccc(-c3ccc(C(=O)O)cc3)cc2)C(=O)CCc2ccccc2)C[C@H]2C[C@@H]1C2(C)C. The Morgan fingerprint density at radius 3 is 2.05 bits per heavy atom. The zero-order valence-electron chi connectivity index (χ0n) is 22.1. The van der Waals surface area contributed by atoms with Crippen molar-refractivity contribution in [3.05, 3.63) is 95.6 Å². The first-order valence-electron chi connectivity index (χ1n) is 13.5. The molecule has 1 amide bonds. The smallest absolute Gasteiger partial charge is 0.335 e. The molecule has 3 aromatic carbocycles. The second kappa shape index (κ2) is 10.2. The molecule has 3 fully saturated rings. The van der Waals surface area contributed by atoms with Gasteiger partial charge in [0.05, 0.1) is 5.56 Å². The van der Waals surface area contributed by atoms with Gasteiger partial charge >= 0.3 is 5.97 Å². The van der Waals surface area contributed by atoms with Gasteiger partial charge in [0.2, 0.25) is 5.91 Å². The predicted octanol–water partition coefficient (Wildman–Crippen LogP) is 7.08. The summed E-state index contributed by atoms with van der Waals surface area (Å²) in [7, 11) is 0. The lowest BCUT2D eigenvalue weighted by Crippen LogP contribution is -2.61. The molecule has 192 valence electrons. The molecular formula is C33H37NO3. The minimum absolute atomic E-state index is 0.244. The molecule has 3 aliphatic carbocycles. The fourth-order valence-electron chi connectivity index (χ4n) is 6.77. The number of hydrogen-bond acceptors (Lipinski definition) is 2. The van der Waals surface area contributed by atoms with Crippen LogP contribution in [0, 0.1) is 23.2 Å². The van der Waals surface area contributed by atoms with Gasteiger partial charge in [-0.05, 0) is 76.8 Å². The lowest BCUT2D eigenvalue weighted by molar-refractivity contribution is -0.159. The van der Waals surface area contributed by atoms with Crippen molar-refractivity contribution in [3.8, 4) is 11.1 Å². The third-order valence-corrected chi connectivity index (χ3v) is 9.28. The molecule has 3 saturated carbocycles. The van der Waals surface area contributed by atoms with Gasteiger partial charge in [0.25, 0.3) is 0 Å². The number of amides is 1. The summed E-state index contributed by atoms with van der Waals surface area (Å²) >= 11 is 0. The number of carboxylic acid groups (broad SMARTS) is 1. The molecular weight excluding hydrogens is 458 g/mol. The highest BCUT2D eigenvalue weighted by Gasteiger charge is 2.57. The quantitative estimate of drug-likeness (QED) is 0.363. The molecule has 3 aliphatic rings. The van der Waals surface area contributed by atoms with E-state index in [4.69, 9.17) is 5.11 Å². The van der Waals surface area contributed by atoms with Gasteiger partial charge in [0.1, 0.15) is 0 Å². The van der Waals surface area contributed by atoms with Crippen LogP contribution >= 0.6 is 0 Å². The standard InChI is InChI=1S/C33H37NO3/c1-22-29-19-28(33(29,2)3)20-30(22)34(31(35)18-11-23-7-5-4-6-8-23)21-24-9-12-25(13-10-24)26-14-16-27(17-15-26)32(36)37/h4-10,12-17,22,28-30H,11,18-21H2,1-3H3,(H,36,37)/t22-,28+,29-,30-/m0/s1. The van der Waals surface area contributed by atoms with E-state index in [2.05, 4.69) is 62.1 Å². The van der Waals surface area contributed by atoms with Crippen LogP contribution in [-0.2, 0) is 17.8 Å². The van der Waals surface area contributed by atoms with E-state index in [0.717, 1.165) is 29.5 Å². The topological polar surface area (TPSA) is 57.6 Å². The average molecular weight is 496 g/mol. The maximum absolute atomic E-state index is 13.7. The number of aromatic carboxylic acids is 1. The molecule has 0 unspecified atom stereocenters. The highest BCUT2D eigenvalue weighted by Crippen LogP contribution is 2.62. The van der Waals surface area contributed by atoms with Crippen molar-refractivity contribution in [2.45, 2.75) is 59.0 Å². The molecule has 37 heavy (non-hydrogen) atoms. The maximum Gasteiger partial charge on any atom is 0.335 e. The van der Waals surface area contributed by atoms with Gasteiger partial charge in [-0.3, -0.25) is 4.79 Å². The number of carbonyl (C=O) groups is 2. The van der Waals surface area contributed by atoms with E-state index in [-0.39, 0.29) is 17.5 Å². The van der Waals surface area contributed by atoms with Crippen LogP contribution in [0.25, 0.3) is 11.1 Å². The van der Waals surface area contributed by atoms with Crippen LogP contribution in [0.5, 0.6) is 0 Å². The summed E-state index contributed by atoms with van der Waals surface area (Å²) in [5.74, 6) is 1.19. The number of rotatable bonds is 8. The first-order chi connectivity index (χ1) is 17.7. The van der Waals surface area contributed by atoms with E-state index in [0.29, 0.717) is 36.1 Å². The molecule has 1 N–H and O–H groups in total. The summed E-state index contributed by atoms with van der Waals surface area (Å²) in [6.45, 7) is 7.79. The first kappa shape index (κ1) is 25.3. The molecule has 0 spiro atoms. The van der Waals surface area contributed by atoms with Crippen molar-refractivity contribution in [2.75, 3.05) is 0 Å². The Morgan fingerprint density at radius 1 is 0.865 bits per heavy atom. The zero-order valence-corrected chi connectivity index (χ0v) is 22.1. The molecule has 4 atom stereocenters. The molecule has 2 bridgehead atoms. The summed E-state index contributed by atoms with van der Waals surface area (Å²) < 4.78 is 0. The Balaban J connectivity index is 1.34. The summed E-state index contributed by atoms with van der Waals surface area (Å²) in [6.07, 6.45) is 3.68. The Hall–Kier alpha value is -3.40. The van der Waals surface area contributed by atoms with E-state index >= 15 is 0 Å². The Kier molecular flexibility index (Phi) is 6.94. The normalized spacial score (nSPS) is 23.6. The number of nitrogens with zero attached hydrogens (tertiary/aromatic N) is 1. The largest absolute Gasteiger partial charge is 0.478 e. The van der Waals surface area contributed by atoms with Crippen LogP contribution in [0.15, 0.2) is 78.9 Å². The molecule has 0 aromatic heterocycles. The van der Waals surface area contributed by atoms with Crippen molar-refractivity contribution >= 4 is 11.9 Å². The lowest BCUT2D eigenvalue weighted by Gasteiger charge is -2.63. The van der Waals surface area contributed by atoms with Crippen molar-refractivity contribution in [2.24, 2.45) is 23.2 Å². The molecule has 0 radical (unpaired) electrons. The van der Waals surface area contributed by atoms with Gasteiger partial charge in [0, 0.05) is 19.0 Å². The minimum atomic E-state index is -0.920. The maximum atomic E-state index is 13.7. The van der Waals surface area contributed by atoms with Crippen molar-refractivity contribution in [3.63, 3.8) is 0 Å². The van der Waals surface area contributed by atoms with E-state index in [1.165, 1.54) is 12.0 Å². The van der Waals surface area contributed by atoms with Crippen LogP contribution in [0.3, 0.4) is 0 Å². The number of carboxylic acids is 1. The first-order valence-corrected chi connectivity index (χ1v) is 13.5. The average Bonchev–Trinajstić information content (AvgIpc) is 2.91. The van der Waals surface area contributed by atoms with Crippen LogP contribution in [0.1, 0.15) is 61.5 Å². The Labute approximate surface area is 220 Å². The third-order valence-electron chi connectivity index (χ3n) is 9.28. The number of carbonyl (C=O) groups excluding carboxylic acids is 1. The van der Waals surface area contributed by atoms with Gasteiger partial charge in [0.15, 0.2) is 0 Å². The van der Waals surface area contributed by atoms with E-state index in [1.807, 2.05) is 30.3 Å². The highest BCUT2D eigenvalue weighted by atomic mass is 16.4. The fourth-order valence-corrected chi connectivity index (χ4v) is 6.77. The summed E-state index contributed by atoms with van der Waals surface area (Å²) in [4.78, 5) is 27.0.